The van der Waals surface area contributed by atoms with E-state index in [-0.39, 0.29) is 19.4 Å². The maximum Gasteiger partial charge on any atom is 0.306 e. The van der Waals surface area contributed by atoms with Crippen molar-refractivity contribution in [3.05, 3.63) is 24.3 Å². The molecule has 0 aromatic carbocycles. The van der Waals surface area contributed by atoms with Crippen LogP contribution in [0.5, 0.6) is 0 Å². The molecular formula is C42H76O12S. The van der Waals surface area contributed by atoms with Gasteiger partial charge >= 0.3 is 11.9 Å². The molecule has 0 amide bonds. The van der Waals surface area contributed by atoms with E-state index in [1.54, 1.807) is 0 Å². The summed E-state index contributed by atoms with van der Waals surface area (Å²) in [7, 11) is -4.60. The van der Waals surface area contributed by atoms with E-state index in [1.165, 1.54) is 70.6 Å². The highest BCUT2D eigenvalue weighted by Crippen LogP contribution is 2.24. The number of allylic oxidation sites excluding steroid dienone is 4. The third kappa shape index (κ3) is 28.2. The van der Waals surface area contributed by atoms with E-state index < -0.39 is 71.2 Å². The Balaban J connectivity index is 2.48. The Bertz CT molecular complexity index is 1130. The van der Waals surface area contributed by atoms with Crippen LogP contribution in [0.3, 0.4) is 0 Å². The van der Waals surface area contributed by atoms with Crippen molar-refractivity contribution in [3.8, 4) is 0 Å². The summed E-state index contributed by atoms with van der Waals surface area (Å²) in [6.07, 6.45) is 25.1. The standard InChI is InChI=1S/C42H76O12S/c1-3-5-7-9-11-13-15-17-18-19-21-22-24-26-28-30-37(43)51-32-35(33-52-42-41(47)40(46)39(45)36(54-42)34-55(48,49)50)53-38(44)31-29-27-25-23-20-16-14-12-10-8-6-4-2/h11,13,17-18,35-36,39-42,45-47H,3-10,12,14-16,19-34H2,1-2H3,(H,48,49,50)/b13-11+,18-17+/t35-,36-,39-,40?,41?,42+/m1/s1. The first kappa shape index (κ1) is 51.1. The van der Waals surface area contributed by atoms with Crippen molar-refractivity contribution in [2.45, 2.75) is 211 Å². The molecule has 1 aliphatic heterocycles. The zero-order chi connectivity index (χ0) is 40.6. The number of unbranched alkanes of at least 4 members (excludes halogenated alkanes) is 19. The fraction of sp³-hybridized carbons (Fsp3) is 0.857. The average molecular weight is 805 g/mol. The third-order valence-electron chi connectivity index (χ3n) is 9.78. The van der Waals surface area contributed by atoms with Gasteiger partial charge < -0.3 is 34.3 Å². The zero-order valence-electron chi connectivity index (χ0n) is 34.0. The van der Waals surface area contributed by atoms with Crippen LogP contribution in [0.15, 0.2) is 24.3 Å². The molecule has 0 saturated carbocycles. The summed E-state index contributed by atoms with van der Waals surface area (Å²) in [6, 6.07) is 0. The number of rotatable bonds is 35. The Labute approximate surface area is 332 Å². The largest absolute Gasteiger partial charge is 0.462 e. The highest BCUT2D eigenvalue weighted by molar-refractivity contribution is 7.85. The molecule has 4 N–H and O–H groups in total. The third-order valence-corrected chi connectivity index (χ3v) is 10.5. The second kappa shape index (κ2) is 33.1. The first-order valence-electron chi connectivity index (χ1n) is 21.4. The Morgan fingerprint density at radius 2 is 1.09 bits per heavy atom. The van der Waals surface area contributed by atoms with E-state index in [2.05, 4.69) is 38.2 Å². The van der Waals surface area contributed by atoms with E-state index in [9.17, 15) is 37.9 Å². The summed E-state index contributed by atoms with van der Waals surface area (Å²) < 4.78 is 53.9. The van der Waals surface area contributed by atoms with Crippen molar-refractivity contribution in [2.24, 2.45) is 0 Å². The first-order chi connectivity index (χ1) is 26.5. The van der Waals surface area contributed by atoms with Crippen molar-refractivity contribution in [3.63, 3.8) is 0 Å². The Morgan fingerprint density at radius 3 is 1.64 bits per heavy atom. The second-order valence-electron chi connectivity index (χ2n) is 15.0. The summed E-state index contributed by atoms with van der Waals surface area (Å²) in [5.74, 6) is -2.00. The van der Waals surface area contributed by atoms with Gasteiger partial charge in [-0.2, -0.15) is 8.42 Å². The molecule has 0 aliphatic carbocycles. The van der Waals surface area contributed by atoms with Gasteiger partial charge in [-0.25, -0.2) is 0 Å². The number of aliphatic hydroxyl groups is 3. The molecule has 2 unspecified atom stereocenters. The van der Waals surface area contributed by atoms with Crippen LogP contribution in [0, 0.1) is 0 Å². The van der Waals surface area contributed by atoms with Gasteiger partial charge in [-0.3, -0.25) is 14.1 Å². The molecule has 55 heavy (non-hydrogen) atoms. The maximum absolute atomic E-state index is 12.8. The Kier molecular flexibility index (Phi) is 30.8. The molecule has 0 aromatic rings. The van der Waals surface area contributed by atoms with Crippen molar-refractivity contribution in [2.75, 3.05) is 19.0 Å². The predicted octanol–water partition coefficient (Wildman–Crippen LogP) is 8.06. The van der Waals surface area contributed by atoms with Crippen LogP contribution < -0.4 is 0 Å². The van der Waals surface area contributed by atoms with Crippen LogP contribution in [0.1, 0.15) is 174 Å². The molecule has 1 rings (SSSR count). The first-order valence-corrected chi connectivity index (χ1v) is 23.0. The second-order valence-corrected chi connectivity index (χ2v) is 16.5. The van der Waals surface area contributed by atoms with Gasteiger partial charge in [0.05, 0.1) is 6.61 Å². The lowest BCUT2D eigenvalue weighted by atomic mass is 10.00. The minimum absolute atomic E-state index is 0.164. The van der Waals surface area contributed by atoms with Crippen LogP contribution >= 0.6 is 0 Å². The minimum Gasteiger partial charge on any atom is -0.462 e. The van der Waals surface area contributed by atoms with Gasteiger partial charge in [0, 0.05) is 12.8 Å². The van der Waals surface area contributed by atoms with Gasteiger partial charge in [-0.15, -0.1) is 0 Å². The summed E-state index contributed by atoms with van der Waals surface area (Å²) in [4.78, 5) is 25.3. The fourth-order valence-electron chi connectivity index (χ4n) is 6.41. The van der Waals surface area contributed by atoms with Crippen LogP contribution in [0.25, 0.3) is 0 Å². The van der Waals surface area contributed by atoms with Gasteiger partial charge in [0.15, 0.2) is 12.4 Å². The normalized spacial score (nSPS) is 21.0. The molecule has 1 fully saturated rings. The number of hydrogen-bond acceptors (Lipinski definition) is 11. The predicted molar refractivity (Wildman–Crippen MR) is 215 cm³/mol. The SMILES string of the molecule is CCCCC/C=C/C/C=C/CCCCCCCC(=O)OC[C@H](CO[C@H]1O[C@H](CS(=O)(=O)O)[C@@H](O)C(O)C1O)OC(=O)CCCCCCCCCCCCCC. The maximum atomic E-state index is 12.8. The zero-order valence-corrected chi connectivity index (χ0v) is 34.9. The molecule has 1 heterocycles. The van der Waals surface area contributed by atoms with E-state index >= 15 is 0 Å². The molecule has 13 heteroatoms. The lowest BCUT2D eigenvalue weighted by Crippen LogP contribution is -2.60. The molecule has 6 atom stereocenters. The van der Waals surface area contributed by atoms with Crippen molar-refractivity contribution in [1.29, 1.82) is 0 Å². The average Bonchev–Trinajstić information content (AvgIpc) is 3.14. The topological polar surface area (TPSA) is 186 Å². The number of ether oxygens (including phenoxy) is 4. The monoisotopic (exact) mass is 805 g/mol. The van der Waals surface area contributed by atoms with Gasteiger partial charge in [-0.1, -0.05) is 141 Å². The summed E-state index contributed by atoms with van der Waals surface area (Å²) in [6.45, 7) is 3.71. The van der Waals surface area contributed by atoms with Crippen LogP contribution in [-0.2, 0) is 38.7 Å². The Morgan fingerprint density at radius 1 is 0.618 bits per heavy atom. The minimum atomic E-state index is -4.60. The van der Waals surface area contributed by atoms with Gasteiger partial charge in [0.25, 0.3) is 10.1 Å². The summed E-state index contributed by atoms with van der Waals surface area (Å²) in [5.41, 5.74) is 0. The van der Waals surface area contributed by atoms with E-state index in [0.717, 1.165) is 64.2 Å². The molecule has 322 valence electrons. The number of carbonyl (C=O) groups is 2. The van der Waals surface area contributed by atoms with Crippen LogP contribution in [-0.4, -0.2) is 96.0 Å². The molecular weight excluding hydrogens is 729 g/mol. The van der Waals surface area contributed by atoms with E-state index in [0.29, 0.717) is 12.8 Å². The van der Waals surface area contributed by atoms with Crippen molar-refractivity contribution in [1.82, 2.24) is 0 Å². The highest BCUT2D eigenvalue weighted by Gasteiger charge is 2.46. The lowest BCUT2D eigenvalue weighted by molar-refractivity contribution is -0.297. The smallest absolute Gasteiger partial charge is 0.306 e. The molecule has 0 aromatic heterocycles. The number of aliphatic hydroxyl groups excluding tert-OH is 3. The molecule has 0 spiro atoms. The summed E-state index contributed by atoms with van der Waals surface area (Å²) >= 11 is 0. The fourth-order valence-corrected chi connectivity index (χ4v) is 7.10. The lowest BCUT2D eigenvalue weighted by Gasteiger charge is -2.40. The number of esters is 2. The van der Waals surface area contributed by atoms with Gasteiger partial charge in [0.1, 0.15) is 36.8 Å². The molecule has 1 saturated heterocycles. The molecule has 0 bridgehead atoms. The quantitative estimate of drug-likeness (QED) is 0.0209. The molecule has 12 nitrogen and oxygen atoms in total. The highest BCUT2D eigenvalue weighted by atomic mass is 32.2. The van der Waals surface area contributed by atoms with Crippen molar-refractivity contribution >= 4 is 22.1 Å². The van der Waals surface area contributed by atoms with Crippen LogP contribution in [0.4, 0.5) is 0 Å². The van der Waals surface area contributed by atoms with Crippen molar-refractivity contribution < 1.29 is 56.8 Å². The number of carbonyl (C=O) groups excluding carboxylic acids is 2. The van der Waals surface area contributed by atoms with Gasteiger partial charge in [-0.05, 0) is 44.9 Å². The number of hydrogen-bond donors (Lipinski definition) is 4. The van der Waals surface area contributed by atoms with E-state index in [4.69, 9.17) is 18.9 Å². The van der Waals surface area contributed by atoms with Gasteiger partial charge in [0.2, 0.25) is 0 Å². The molecule has 1 aliphatic rings. The molecule has 0 radical (unpaired) electrons. The van der Waals surface area contributed by atoms with E-state index in [1.807, 2.05) is 0 Å². The Hall–Kier alpha value is -1.87. The summed E-state index contributed by atoms with van der Waals surface area (Å²) in [5, 5.41) is 30.8. The van der Waals surface area contributed by atoms with Crippen LogP contribution in [0.2, 0.25) is 0 Å².